The Morgan fingerprint density at radius 2 is 1.83 bits per heavy atom. The van der Waals surface area contributed by atoms with Crippen LogP contribution < -0.4 is 21.7 Å². The molecule has 0 amide bonds. The number of hydrogen-bond acceptors (Lipinski definition) is 4. The fourth-order valence-corrected chi connectivity index (χ4v) is 2.30. The highest BCUT2D eigenvalue weighted by Gasteiger charge is 2.35. The van der Waals surface area contributed by atoms with E-state index < -0.39 is 40.4 Å². The van der Waals surface area contributed by atoms with Crippen molar-refractivity contribution in [2.45, 2.75) is 6.18 Å². The third kappa shape index (κ3) is 2.73. The minimum absolute atomic E-state index is 0.172. The highest BCUT2D eigenvalue weighted by Crippen LogP contribution is 2.36. The minimum Gasteiger partial charge on any atom is -0.492 e. The molecule has 0 aliphatic rings. The van der Waals surface area contributed by atoms with Crippen molar-refractivity contribution in [1.29, 1.82) is 0 Å². The summed E-state index contributed by atoms with van der Waals surface area (Å²) < 4.78 is 58.0. The zero-order valence-electron chi connectivity index (χ0n) is 12.2. The molecule has 0 unspecified atom stereocenters. The van der Waals surface area contributed by atoms with Crippen LogP contribution in [-0.4, -0.2) is 16.2 Å². The first kappa shape index (κ1) is 17.9. The standard InChI is InChI=1S/C13H10ClF4N3O3/c1-20-7(13(16,17)18)4-8(22)21(12(20)23)10-6(15)3-5(14)9(19)11(10)24-2/h3-4H,19H2,1-2H3. The smallest absolute Gasteiger partial charge is 0.431 e. The molecule has 2 N–H and O–H groups in total. The molecular weight excluding hydrogens is 358 g/mol. The van der Waals surface area contributed by atoms with Gasteiger partial charge in [-0.25, -0.2) is 13.8 Å². The van der Waals surface area contributed by atoms with Crippen molar-refractivity contribution in [2.24, 2.45) is 7.05 Å². The average Bonchev–Trinajstić information content (AvgIpc) is 2.47. The maximum Gasteiger partial charge on any atom is 0.431 e. The molecule has 0 saturated carbocycles. The molecule has 1 aromatic heterocycles. The second kappa shape index (κ2) is 5.86. The van der Waals surface area contributed by atoms with Gasteiger partial charge in [0.05, 0.1) is 17.8 Å². The van der Waals surface area contributed by atoms with Crippen molar-refractivity contribution in [3.05, 3.63) is 49.5 Å². The van der Waals surface area contributed by atoms with Gasteiger partial charge in [0.15, 0.2) is 11.6 Å². The summed E-state index contributed by atoms with van der Waals surface area (Å²) in [4.78, 5) is 24.2. The summed E-state index contributed by atoms with van der Waals surface area (Å²) in [5.74, 6) is -1.61. The van der Waals surface area contributed by atoms with Crippen LogP contribution in [0.5, 0.6) is 5.75 Å². The van der Waals surface area contributed by atoms with Gasteiger partial charge in [-0.2, -0.15) is 13.2 Å². The highest BCUT2D eigenvalue weighted by atomic mass is 35.5. The number of nitrogens with zero attached hydrogens (tertiary/aromatic N) is 2. The number of ether oxygens (including phenoxy) is 1. The Morgan fingerprint density at radius 3 is 2.33 bits per heavy atom. The largest absolute Gasteiger partial charge is 0.492 e. The summed E-state index contributed by atoms with van der Waals surface area (Å²) in [6, 6.07) is 0.892. The summed E-state index contributed by atoms with van der Waals surface area (Å²) in [6.45, 7) is 0. The summed E-state index contributed by atoms with van der Waals surface area (Å²) in [5.41, 5.74) is 0.315. The Labute approximate surface area is 136 Å². The second-order valence-electron chi connectivity index (χ2n) is 4.68. The summed E-state index contributed by atoms with van der Waals surface area (Å²) in [5, 5.41) is -0.245. The minimum atomic E-state index is -4.94. The summed E-state index contributed by atoms with van der Waals surface area (Å²) >= 11 is 5.69. The Bertz CT molecular complexity index is 934. The molecular formula is C13H10ClF4N3O3. The molecule has 1 aromatic carbocycles. The number of alkyl halides is 3. The highest BCUT2D eigenvalue weighted by molar-refractivity contribution is 6.33. The fourth-order valence-electron chi connectivity index (χ4n) is 2.12. The molecule has 11 heteroatoms. The van der Waals surface area contributed by atoms with Gasteiger partial charge in [0.25, 0.3) is 5.56 Å². The van der Waals surface area contributed by atoms with Gasteiger partial charge in [-0.15, -0.1) is 0 Å². The van der Waals surface area contributed by atoms with E-state index in [0.717, 1.165) is 20.2 Å². The first-order valence-corrected chi connectivity index (χ1v) is 6.60. The van der Waals surface area contributed by atoms with E-state index in [-0.39, 0.29) is 25.9 Å². The summed E-state index contributed by atoms with van der Waals surface area (Å²) in [7, 11) is 1.87. The van der Waals surface area contributed by atoms with Crippen molar-refractivity contribution >= 4 is 17.3 Å². The van der Waals surface area contributed by atoms with E-state index in [0.29, 0.717) is 0 Å². The van der Waals surface area contributed by atoms with Gasteiger partial charge < -0.3 is 10.5 Å². The van der Waals surface area contributed by atoms with Crippen LogP contribution in [0.4, 0.5) is 23.2 Å². The van der Waals surface area contributed by atoms with E-state index in [4.69, 9.17) is 22.1 Å². The monoisotopic (exact) mass is 367 g/mol. The van der Waals surface area contributed by atoms with E-state index in [1.165, 1.54) is 0 Å². The molecule has 2 aromatic rings. The Morgan fingerprint density at radius 1 is 1.25 bits per heavy atom. The first-order valence-electron chi connectivity index (χ1n) is 6.22. The van der Waals surface area contributed by atoms with Crippen molar-refractivity contribution in [3.8, 4) is 11.4 Å². The number of rotatable bonds is 2. The van der Waals surface area contributed by atoms with Gasteiger partial charge in [-0.1, -0.05) is 11.6 Å². The van der Waals surface area contributed by atoms with Gasteiger partial charge >= 0.3 is 11.9 Å². The topological polar surface area (TPSA) is 79.2 Å². The molecule has 0 saturated heterocycles. The van der Waals surface area contributed by atoms with E-state index in [9.17, 15) is 27.2 Å². The fraction of sp³-hybridized carbons (Fsp3) is 0.231. The first-order chi connectivity index (χ1) is 11.0. The Balaban J connectivity index is 2.96. The molecule has 2 rings (SSSR count). The number of methoxy groups -OCH3 is 1. The maximum atomic E-state index is 14.2. The van der Waals surface area contributed by atoms with Gasteiger partial charge in [0.2, 0.25) is 0 Å². The molecule has 6 nitrogen and oxygen atoms in total. The quantitative estimate of drug-likeness (QED) is 0.650. The van der Waals surface area contributed by atoms with Gasteiger partial charge in [-0.05, 0) is 6.07 Å². The SMILES string of the molecule is COc1c(N)c(Cl)cc(F)c1-n1c(=O)cc(C(F)(F)F)n(C)c1=O. The van der Waals surface area contributed by atoms with Crippen molar-refractivity contribution in [3.63, 3.8) is 0 Å². The number of aromatic nitrogens is 2. The van der Waals surface area contributed by atoms with E-state index in [1.54, 1.807) is 0 Å². The zero-order chi connectivity index (χ0) is 18.4. The Hall–Kier alpha value is -2.49. The molecule has 1 heterocycles. The average molecular weight is 368 g/mol. The van der Waals surface area contributed by atoms with Crippen molar-refractivity contribution < 1.29 is 22.3 Å². The maximum absolute atomic E-state index is 14.2. The zero-order valence-corrected chi connectivity index (χ0v) is 13.0. The number of nitrogen functional groups attached to an aromatic ring is 1. The predicted molar refractivity (Wildman–Crippen MR) is 78.2 cm³/mol. The molecule has 0 aliphatic heterocycles. The lowest BCUT2D eigenvalue weighted by Crippen LogP contribution is -2.41. The van der Waals surface area contributed by atoms with Gasteiger partial charge in [0, 0.05) is 13.1 Å². The van der Waals surface area contributed by atoms with Gasteiger partial charge in [-0.3, -0.25) is 9.36 Å². The van der Waals surface area contributed by atoms with E-state index in [2.05, 4.69) is 0 Å². The Kier molecular flexibility index (Phi) is 4.36. The molecule has 0 bridgehead atoms. The third-order valence-electron chi connectivity index (χ3n) is 3.23. The molecule has 0 radical (unpaired) electrons. The number of hydrogen-bond donors (Lipinski definition) is 1. The molecule has 0 fully saturated rings. The van der Waals surface area contributed by atoms with Crippen LogP contribution in [0.25, 0.3) is 5.69 Å². The van der Waals surface area contributed by atoms with Crippen LogP contribution >= 0.6 is 11.6 Å². The summed E-state index contributed by atoms with van der Waals surface area (Å²) in [6.07, 6.45) is -4.94. The lowest BCUT2D eigenvalue weighted by molar-refractivity contribution is -0.144. The number of halogens is 5. The third-order valence-corrected chi connectivity index (χ3v) is 3.55. The number of nitrogens with two attached hydrogens (primary N) is 1. The van der Waals surface area contributed by atoms with Crippen LogP contribution in [0, 0.1) is 5.82 Å². The second-order valence-corrected chi connectivity index (χ2v) is 5.09. The van der Waals surface area contributed by atoms with Crippen LogP contribution in [0.15, 0.2) is 21.7 Å². The number of benzene rings is 1. The molecule has 0 aliphatic carbocycles. The molecule has 130 valence electrons. The van der Waals surface area contributed by atoms with Crippen LogP contribution in [-0.2, 0) is 13.2 Å². The van der Waals surface area contributed by atoms with Crippen LogP contribution in [0.1, 0.15) is 5.69 Å². The van der Waals surface area contributed by atoms with Crippen LogP contribution in [0.3, 0.4) is 0 Å². The lowest BCUT2D eigenvalue weighted by Gasteiger charge is -2.17. The lowest BCUT2D eigenvalue weighted by atomic mass is 10.2. The molecule has 24 heavy (non-hydrogen) atoms. The van der Waals surface area contributed by atoms with Crippen molar-refractivity contribution in [2.75, 3.05) is 12.8 Å². The normalized spacial score (nSPS) is 11.6. The van der Waals surface area contributed by atoms with E-state index in [1.807, 2.05) is 0 Å². The van der Waals surface area contributed by atoms with Crippen molar-refractivity contribution in [1.82, 2.24) is 9.13 Å². The molecule has 0 spiro atoms. The predicted octanol–water partition coefficient (Wildman–Crippen LogP) is 1.94. The number of anilines is 1. The van der Waals surface area contributed by atoms with Crippen LogP contribution in [0.2, 0.25) is 5.02 Å². The van der Waals surface area contributed by atoms with Gasteiger partial charge in [0.1, 0.15) is 11.4 Å². The van der Waals surface area contributed by atoms with E-state index >= 15 is 0 Å². The molecule has 0 atom stereocenters.